The van der Waals surface area contributed by atoms with E-state index in [4.69, 9.17) is 0 Å². The minimum absolute atomic E-state index is 0.267. The molecule has 0 spiro atoms. The molecule has 0 aromatic heterocycles. The Kier molecular flexibility index (Phi) is 13.7. The molecule has 1 aliphatic heterocycles. The zero-order valence-electron chi connectivity index (χ0n) is 17.6. The molecule has 3 heteroatoms. The van der Waals surface area contributed by atoms with Gasteiger partial charge in [-0.1, -0.05) is 64.0 Å². The zero-order chi connectivity index (χ0) is 18.9. The SMILES string of the molecule is CCCCCC/C=C/CCCCCCCCC1NC=C[N+]1(CC)CCO. The molecule has 1 heterocycles. The maximum absolute atomic E-state index is 9.35. The van der Waals surface area contributed by atoms with Gasteiger partial charge < -0.3 is 10.4 Å². The van der Waals surface area contributed by atoms with Crippen molar-refractivity contribution in [2.24, 2.45) is 0 Å². The Bertz CT molecular complexity index is 380. The monoisotopic (exact) mass is 365 g/mol. The first-order valence-electron chi connectivity index (χ1n) is 11.3. The van der Waals surface area contributed by atoms with E-state index in [1.165, 1.54) is 83.5 Å². The molecule has 2 unspecified atom stereocenters. The second-order valence-corrected chi connectivity index (χ2v) is 7.88. The number of rotatable bonds is 17. The molecule has 1 rings (SSSR count). The fourth-order valence-electron chi connectivity index (χ4n) is 4.03. The molecule has 152 valence electrons. The predicted octanol–water partition coefficient (Wildman–Crippen LogP) is 5.86. The Morgan fingerprint density at radius 3 is 2.12 bits per heavy atom. The number of nitrogens with one attached hydrogen (secondary N) is 1. The number of unbranched alkanes of at least 4 members (excludes halogenated alkanes) is 10. The van der Waals surface area contributed by atoms with Crippen LogP contribution in [-0.2, 0) is 0 Å². The second kappa shape index (κ2) is 15.3. The molecule has 0 aromatic carbocycles. The van der Waals surface area contributed by atoms with Crippen molar-refractivity contribution in [3.63, 3.8) is 0 Å². The molecule has 0 fully saturated rings. The normalized spacial score (nSPS) is 22.3. The van der Waals surface area contributed by atoms with Crippen LogP contribution in [0.4, 0.5) is 0 Å². The highest BCUT2D eigenvalue weighted by Crippen LogP contribution is 2.22. The lowest BCUT2D eigenvalue weighted by Crippen LogP contribution is -2.54. The predicted molar refractivity (Wildman–Crippen MR) is 114 cm³/mol. The average Bonchev–Trinajstić information content (AvgIpc) is 3.05. The molecule has 0 radical (unpaired) electrons. The minimum Gasteiger partial charge on any atom is -0.390 e. The number of hydrogen-bond acceptors (Lipinski definition) is 2. The second-order valence-electron chi connectivity index (χ2n) is 7.88. The van der Waals surface area contributed by atoms with E-state index in [1.807, 2.05) is 0 Å². The van der Waals surface area contributed by atoms with Crippen LogP contribution < -0.4 is 5.32 Å². The largest absolute Gasteiger partial charge is 0.390 e. The van der Waals surface area contributed by atoms with Gasteiger partial charge in [-0.05, 0) is 39.0 Å². The molecule has 0 aliphatic carbocycles. The lowest BCUT2D eigenvalue weighted by Gasteiger charge is -2.36. The van der Waals surface area contributed by atoms with Gasteiger partial charge in [0.1, 0.15) is 12.7 Å². The van der Waals surface area contributed by atoms with E-state index in [-0.39, 0.29) is 6.61 Å². The number of quaternary nitrogens is 1. The van der Waals surface area contributed by atoms with Gasteiger partial charge in [0.05, 0.1) is 19.4 Å². The van der Waals surface area contributed by atoms with Crippen molar-refractivity contribution >= 4 is 0 Å². The molecule has 0 saturated carbocycles. The summed E-state index contributed by atoms with van der Waals surface area (Å²) < 4.78 is 0.904. The van der Waals surface area contributed by atoms with Crippen molar-refractivity contribution < 1.29 is 9.59 Å². The molecule has 2 N–H and O–H groups in total. The van der Waals surface area contributed by atoms with Gasteiger partial charge in [0.2, 0.25) is 0 Å². The third-order valence-corrected chi connectivity index (χ3v) is 5.88. The van der Waals surface area contributed by atoms with E-state index in [1.54, 1.807) is 0 Å². The van der Waals surface area contributed by atoms with Gasteiger partial charge in [-0.25, -0.2) is 0 Å². The molecular weight excluding hydrogens is 320 g/mol. The van der Waals surface area contributed by atoms with E-state index in [9.17, 15) is 5.11 Å². The topological polar surface area (TPSA) is 32.3 Å². The molecule has 2 atom stereocenters. The van der Waals surface area contributed by atoms with E-state index < -0.39 is 0 Å². The van der Waals surface area contributed by atoms with Crippen molar-refractivity contribution in [1.29, 1.82) is 0 Å². The summed E-state index contributed by atoms with van der Waals surface area (Å²) in [5.41, 5.74) is 0. The summed E-state index contributed by atoms with van der Waals surface area (Å²) in [5.74, 6) is 0. The Balaban J connectivity index is 1.94. The van der Waals surface area contributed by atoms with Crippen molar-refractivity contribution in [2.45, 2.75) is 103 Å². The van der Waals surface area contributed by atoms with E-state index in [2.05, 4.69) is 43.7 Å². The van der Waals surface area contributed by atoms with Crippen molar-refractivity contribution in [2.75, 3.05) is 19.7 Å². The van der Waals surface area contributed by atoms with E-state index in [0.717, 1.165) is 17.6 Å². The third-order valence-electron chi connectivity index (χ3n) is 5.88. The maximum Gasteiger partial charge on any atom is 0.166 e. The molecule has 0 amide bonds. The van der Waals surface area contributed by atoms with Crippen LogP contribution in [0.3, 0.4) is 0 Å². The van der Waals surface area contributed by atoms with Crippen LogP contribution in [0.2, 0.25) is 0 Å². The van der Waals surface area contributed by atoms with Gasteiger partial charge in [0, 0.05) is 6.42 Å². The molecule has 0 bridgehead atoms. The zero-order valence-corrected chi connectivity index (χ0v) is 17.6. The first-order chi connectivity index (χ1) is 12.8. The molecule has 26 heavy (non-hydrogen) atoms. The number of allylic oxidation sites excluding steroid dienone is 2. The summed E-state index contributed by atoms with van der Waals surface area (Å²) in [6.07, 6.45) is 26.9. The smallest absolute Gasteiger partial charge is 0.166 e. The van der Waals surface area contributed by atoms with Crippen molar-refractivity contribution in [3.05, 3.63) is 24.6 Å². The van der Waals surface area contributed by atoms with Gasteiger partial charge in [-0.2, -0.15) is 0 Å². The Morgan fingerprint density at radius 1 is 0.885 bits per heavy atom. The van der Waals surface area contributed by atoms with Gasteiger partial charge in [0.15, 0.2) is 6.17 Å². The third kappa shape index (κ3) is 9.23. The number of aliphatic hydroxyl groups is 1. The summed E-state index contributed by atoms with van der Waals surface area (Å²) in [4.78, 5) is 0. The van der Waals surface area contributed by atoms with Crippen molar-refractivity contribution in [3.8, 4) is 0 Å². The van der Waals surface area contributed by atoms with Crippen LogP contribution in [-0.4, -0.2) is 35.5 Å². The van der Waals surface area contributed by atoms with Gasteiger partial charge in [-0.15, -0.1) is 0 Å². The molecular formula is C23H45N2O+. The van der Waals surface area contributed by atoms with Gasteiger partial charge in [-0.3, -0.25) is 4.48 Å². The Hall–Kier alpha value is -0.800. The standard InChI is InChI=1S/C23H45N2O/c1-3-5-6-7-8-9-10-11-12-13-14-15-16-17-18-23-24-19-20-25(23,4-2)21-22-26/h9-10,19-20,23-24,26H,3-8,11-18,21-22H2,1-2H3/q+1/b10-9+. The van der Waals surface area contributed by atoms with Crippen LogP contribution in [0.25, 0.3) is 0 Å². The Morgan fingerprint density at radius 2 is 1.50 bits per heavy atom. The average molecular weight is 366 g/mol. The number of likely N-dealkylation sites (N-methyl/N-ethyl adjacent to an activating group) is 1. The number of nitrogens with zero attached hydrogens (tertiary/aromatic N) is 1. The van der Waals surface area contributed by atoms with Crippen LogP contribution in [0.5, 0.6) is 0 Å². The highest BCUT2D eigenvalue weighted by molar-refractivity contribution is 4.84. The fourth-order valence-corrected chi connectivity index (χ4v) is 4.03. The van der Waals surface area contributed by atoms with Crippen LogP contribution in [0.1, 0.15) is 97.3 Å². The van der Waals surface area contributed by atoms with Gasteiger partial charge >= 0.3 is 0 Å². The van der Waals surface area contributed by atoms with Crippen LogP contribution >= 0.6 is 0 Å². The summed E-state index contributed by atoms with van der Waals surface area (Å²) in [6, 6.07) is 0. The van der Waals surface area contributed by atoms with Crippen molar-refractivity contribution in [1.82, 2.24) is 5.32 Å². The number of aliphatic hydroxyl groups excluding tert-OH is 1. The van der Waals surface area contributed by atoms with Crippen LogP contribution in [0, 0.1) is 0 Å². The molecule has 3 nitrogen and oxygen atoms in total. The lowest BCUT2D eigenvalue weighted by molar-refractivity contribution is -0.900. The summed E-state index contributed by atoms with van der Waals surface area (Å²) in [5, 5.41) is 12.9. The quantitative estimate of drug-likeness (QED) is 0.192. The Labute approximate surface area is 163 Å². The highest BCUT2D eigenvalue weighted by atomic mass is 16.3. The molecule has 0 aromatic rings. The van der Waals surface area contributed by atoms with E-state index in [0.29, 0.717) is 6.17 Å². The molecule has 0 saturated heterocycles. The van der Waals surface area contributed by atoms with Crippen LogP contribution in [0.15, 0.2) is 24.6 Å². The number of hydrogen-bond donors (Lipinski definition) is 2. The van der Waals surface area contributed by atoms with Gasteiger partial charge in [0.25, 0.3) is 0 Å². The molecule has 1 aliphatic rings. The highest BCUT2D eigenvalue weighted by Gasteiger charge is 2.35. The summed E-state index contributed by atoms with van der Waals surface area (Å²) >= 11 is 0. The maximum atomic E-state index is 9.35. The summed E-state index contributed by atoms with van der Waals surface area (Å²) in [7, 11) is 0. The fraction of sp³-hybridized carbons (Fsp3) is 0.826. The first-order valence-corrected chi connectivity index (χ1v) is 11.3. The lowest BCUT2D eigenvalue weighted by atomic mass is 10.1. The minimum atomic E-state index is 0.267. The summed E-state index contributed by atoms with van der Waals surface area (Å²) in [6.45, 7) is 6.65. The first kappa shape index (κ1) is 23.2. The van der Waals surface area contributed by atoms with E-state index >= 15 is 0 Å².